The van der Waals surface area contributed by atoms with Gasteiger partial charge in [-0.2, -0.15) is 8.78 Å². The molecule has 1 N–H and O–H groups in total. The van der Waals surface area contributed by atoms with E-state index in [-0.39, 0.29) is 17.4 Å². The summed E-state index contributed by atoms with van der Waals surface area (Å²) >= 11 is 6.06. The first kappa shape index (κ1) is 18.7. The first-order valence-electron chi connectivity index (χ1n) is 7.27. The predicted octanol–water partition coefficient (Wildman–Crippen LogP) is 4.91. The van der Waals surface area contributed by atoms with Gasteiger partial charge in [0.1, 0.15) is 0 Å². The highest BCUT2D eigenvalue weighted by molar-refractivity contribution is 6.33. The van der Waals surface area contributed by atoms with Gasteiger partial charge >= 0.3 is 6.61 Å². The van der Waals surface area contributed by atoms with Crippen molar-refractivity contribution in [3.63, 3.8) is 0 Å². The van der Waals surface area contributed by atoms with Crippen LogP contribution in [0.2, 0.25) is 5.02 Å². The van der Waals surface area contributed by atoms with Gasteiger partial charge in [-0.25, -0.2) is 0 Å². The van der Waals surface area contributed by atoms with E-state index < -0.39 is 6.61 Å². The number of alkyl halides is 2. The summed E-state index contributed by atoms with van der Waals surface area (Å²) in [6.07, 6.45) is 2.82. The fourth-order valence-corrected chi connectivity index (χ4v) is 2.33. The number of halogens is 3. The molecule has 0 radical (unpaired) electrons. The molecule has 4 nitrogen and oxygen atoms in total. The minimum absolute atomic E-state index is 0.0782. The maximum atomic E-state index is 12.3. The van der Waals surface area contributed by atoms with Crippen molar-refractivity contribution in [2.75, 3.05) is 12.4 Å². The van der Waals surface area contributed by atoms with Gasteiger partial charge in [0.25, 0.3) is 0 Å². The van der Waals surface area contributed by atoms with Gasteiger partial charge in [-0.3, -0.25) is 4.79 Å². The van der Waals surface area contributed by atoms with Crippen molar-refractivity contribution in [2.24, 2.45) is 0 Å². The summed E-state index contributed by atoms with van der Waals surface area (Å²) in [5.74, 6) is -0.312. The van der Waals surface area contributed by atoms with Gasteiger partial charge in [-0.15, -0.1) is 0 Å². The van der Waals surface area contributed by atoms with Gasteiger partial charge < -0.3 is 14.8 Å². The maximum absolute atomic E-state index is 12.3. The minimum atomic E-state index is -2.94. The topological polar surface area (TPSA) is 47.6 Å². The van der Waals surface area contributed by atoms with Crippen LogP contribution in [-0.4, -0.2) is 19.6 Å². The molecule has 0 atom stereocenters. The quantitative estimate of drug-likeness (QED) is 0.738. The monoisotopic (exact) mass is 367 g/mol. The Kier molecular flexibility index (Phi) is 6.36. The Balaban J connectivity index is 2.08. The van der Waals surface area contributed by atoms with E-state index >= 15 is 0 Å². The normalized spacial score (nSPS) is 11.0. The molecular weight excluding hydrogens is 352 g/mol. The number of amides is 1. The van der Waals surface area contributed by atoms with Crippen LogP contribution in [0, 0.1) is 6.92 Å². The average Bonchev–Trinajstić information content (AvgIpc) is 2.56. The third-order valence-corrected chi connectivity index (χ3v) is 3.53. The van der Waals surface area contributed by atoms with E-state index in [1.54, 1.807) is 12.1 Å². The second-order valence-electron chi connectivity index (χ2n) is 5.09. The SMILES string of the molecule is COc1cc(/C=C/C(=O)Nc2ccc(C)cc2Cl)ccc1OC(F)F. The molecule has 0 heterocycles. The van der Waals surface area contributed by atoms with E-state index in [4.69, 9.17) is 16.3 Å². The molecule has 132 valence electrons. The van der Waals surface area contributed by atoms with E-state index in [9.17, 15) is 13.6 Å². The molecule has 0 spiro atoms. The highest BCUT2D eigenvalue weighted by Crippen LogP contribution is 2.30. The van der Waals surface area contributed by atoms with Crippen LogP contribution < -0.4 is 14.8 Å². The van der Waals surface area contributed by atoms with Crippen molar-refractivity contribution in [1.29, 1.82) is 0 Å². The first-order valence-corrected chi connectivity index (χ1v) is 7.65. The van der Waals surface area contributed by atoms with Crippen molar-refractivity contribution in [3.05, 3.63) is 58.6 Å². The van der Waals surface area contributed by atoms with E-state index in [2.05, 4.69) is 10.1 Å². The number of hydrogen-bond acceptors (Lipinski definition) is 3. The summed E-state index contributed by atoms with van der Waals surface area (Å²) in [7, 11) is 1.34. The lowest BCUT2D eigenvalue weighted by molar-refractivity contribution is -0.111. The Hall–Kier alpha value is -2.60. The highest BCUT2D eigenvalue weighted by Gasteiger charge is 2.10. The van der Waals surface area contributed by atoms with Crippen LogP contribution in [0.25, 0.3) is 6.08 Å². The molecule has 0 aliphatic rings. The number of rotatable bonds is 6. The molecule has 0 bridgehead atoms. The lowest BCUT2D eigenvalue weighted by Gasteiger charge is -2.10. The van der Waals surface area contributed by atoms with Crippen molar-refractivity contribution in [2.45, 2.75) is 13.5 Å². The fourth-order valence-electron chi connectivity index (χ4n) is 2.05. The molecule has 0 saturated carbocycles. The summed E-state index contributed by atoms with van der Waals surface area (Å²) in [5, 5.41) is 3.10. The summed E-state index contributed by atoms with van der Waals surface area (Å²) in [6, 6.07) is 9.65. The lowest BCUT2D eigenvalue weighted by atomic mass is 10.2. The molecule has 0 unspecified atom stereocenters. The smallest absolute Gasteiger partial charge is 0.387 e. The highest BCUT2D eigenvalue weighted by atomic mass is 35.5. The lowest BCUT2D eigenvalue weighted by Crippen LogP contribution is -2.08. The molecule has 0 aliphatic heterocycles. The van der Waals surface area contributed by atoms with Gasteiger partial charge in [0.2, 0.25) is 5.91 Å². The van der Waals surface area contributed by atoms with Crippen molar-refractivity contribution < 1.29 is 23.0 Å². The zero-order valence-electron chi connectivity index (χ0n) is 13.6. The summed E-state index contributed by atoms with van der Waals surface area (Å²) in [5.41, 5.74) is 2.07. The Labute approximate surface area is 149 Å². The molecule has 1 amide bonds. The zero-order valence-corrected chi connectivity index (χ0v) is 14.3. The number of benzene rings is 2. The van der Waals surface area contributed by atoms with Crippen LogP contribution in [-0.2, 0) is 4.79 Å². The van der Waals surface area contributed by atoms with Gasteiger partial charge in [0.15, 0.2) is 11.5 Å². The molecule has 2 aromatic rings. The second kappa shape index (κ2) is 8.48. The molecule has 7 heteroatoms. The zero-order chi connectivity index (χ0) is 18.4. The van der Waals surface area contributed by atoms with Crippen LogP contribution >= 0.6 is 11.6 Å². The van der Waals surface area contributed by atoms with Crippen LogP contribution in [0.3, 0.4) is 0 Å². The van der Waals surface area contributed by atoms with Crippen LogP contribution in [0.1, 0.15) is 11.1 Å². The molecule has 2 rings (SSSR count). The van der Waals surface area contributed by atoms with Crippen molar-refractivity contribution >= 4 is 29.3 Å². The van der Waals surface area contributed by atoms with Crippen LogP contribution in [0.5, 0.6) is 11.5 Å². The third kappa shape index (κ3) is 5.46. The third-order valence-electron chi connectivity index (χ3n) is 3.21. The Bertz CT molecular complexity index is 794. The fraction of sp³-hybridized carbons (Fsp3) is 0.167. The van der Waals surface area contributed by atoms with E-state index in [0.717, 1.165) is 5.56 Å². The van der Waals surface area contributed by atoms with Gasteiger partial charge in [-0.05, 0) is 48.4 Å². The maximum Gasteiger partial charge on any atom is 0.387 e. The largest absolute Gasteiger partial charge is 0.493 e. The molecular formula is C18H16ClF2NO3. The van der Waals surface area contributed by atoms with Gasteiger partial charge in [0.05, 0.1) is 17.8 Å². The number of methoxy groups -OCH3 is 1. The first-order chi connectivity index (χ1) is 11.9. The number of aryl methyl sites for hydroxylation is 1. The Morgan fingerprint density at radius 2 is 1.96 bits per heavy atom. The van der Waals surface area contributed by atoms with E-state index in [1.165, 1.54) is 37.5 Å². The number of anilines is 1. The second-order valence-corrected chi connectivity index (χ2v) is 5.50. The summed E-state index contributed by atoms with van der Waals surface area (Å²) < 4.78 is 33.9. The number of carbonyl (C=O) groups excluding carboxylic acids is 1. The minimum Gasteiger partial charge on any atom is -0.493 e. The number of carbonyl (C=O) groups is 1. The van der Waals surface area contributed by atoms with Crippen LogP contribution in [0.15, 0.2) is 42.5 Å². The number of hydrogen-bond donors (Lipinski definition) is 1. The van der Waals surface area contributed by atoms with Crippen molar-refractivity contribution in [3.8, 4) is 11.5 Å². The summed E-state index contributed by atoms with van der Waals surface area (Å²) in [6.45, 7) is -1.05. The number of nitrogens with one attached hydrogen (secondary N) is 1. The Morgan fingerprint density at radius 3 is 2.60 bits per heavy atom. The molecule has 2 aromatic carbocycles. The van der Waals surface area contributed by atoms with E-state index in [0.29, 0.717) is 16.3 Å². The Morgan fingerprint density at radius 1 is 1.20 bits per heavy atom. The standard InChI is InChI=1S/C18H16ClF2NO3/c1-11-3-6-14(13(19)9-11)22-17(23)8-5-12-4-7-15(25-18(20)21)16(10-12)24-2/h3-10,18H,1-2H3,(H,22,23)/b8-5+. The van der Waals surface area contributed by atoms with Gasteiger partial charge in [-0.1, -0.05) is 23.7 Å². The number of ether oxygens (including phenoxy) is 2. The van der Waals surface area contributed by atoms with Gasteiger partial charge in [0, 0.05) is 6.08 Å². The summed E-state index contributed by atoms with van der Waals surface area (Å²) in [4.78, 5) is 12.0. The molecule has 0 aromatic heterocycles. The predicted molar refractivity (Wildman–Crippen MR) is 93.5 cm³/mol. The molecule has 0 aliphatic carbocycles. The molecule has 0 saturated heterocycles. The molecule has 25 heavy (non-hydrogen) atoms. The van der Waals surface area contributed by atoms with Crippen molar-refractivity contribution in [1.82, 2.24) is 0 Å². The molecule has 0 fully saturated rings. The van der Waals surface area contributed by atoms with E-state index in [1.807, 2.05) is 13.0 Å². The van der Waals surface area contributed by atoms with Crippen LogP contribution in [0.4, 0.5) is 14.5 Å². The average molecular weight is 368 g/mol.